The summed E-state index contributed by atoms with van der Waals surface area (Å²) in [5.41, 5.74) is 0. The summed E-state index contributed by atoms with van der Waals surface area (Å²) < 4.78 is 0. The molecule has 4 N–H and O–H groups in total. The van der Waals surface area contributed by atoms with Gasteiger partial charge in [0, 0.05) is 19.5 Å². The molecule has 4 heteroatoms. The van der Waals surface area contributed by atoms with Crippen molar-refractivity contribution in [2.45, 2.75) is 38.6 Å². The number of nitrogens with one attached hydrogen (secondary N) is 1. The first-order valence-corrected chi connectivity index (χ1v) is 4.27. The van der Waals surface area contributed by atoms with Gasteiger partial charge < -0.3 is 20.6 Å². The summed E-state index contributed by atoms with van der Waals surface area (Å²) in [6.07, 6.45) is -1.05. The van der Waals surface area contributed by atoms with Gasteiger partial charge in [-0.2, -0.15) is 0 Å². The second-order valence-corrected chi connectivity index (χ2v) is 3.25. The molecule has 0 rings (SSSR count). The molecule has 0 aromatic heterocycles. The third kappa shape index (κ3) is 7.94. The van der Waals surface area contributed by atoms with Gasteiger partial charge in [0.2, 0.25) is 0 Å². The van der Waals surface area contributed by atoms with Gasteiger partial charge in [-0.25, -0.2) is 0 Å². The largest absolute Gasteiger partial charge is 0.393 e. The fourth-order valence-electron chi connectivity index (χ4n) is 0.936. The Labute approximate surface area is 73.2 Å². The highest BCUT2D eigenvalue weighted by Crippen LogP contribution is 1.95. The van der Waals surface area contributed by atoms with Crippen LogP contribution in [0.1, 0.15) is 20.3 Å². The van der Waals surface area contributed by atoms with Crippen LogP contribution in [0.3, 0.4) is 0 Å². The van der Waals surface area contributed by atoms with E-state index < -0.39 is 18.3 Å². The lowest BCUT2D eigenvalue weighted by Crippen LogP contribution is -2.33. The Hall–Kier alpha value is -0.160. The van der Waals surface area contributed by atoms with Crippen LogP contribution in [0.2, 0.25) is 0 Å². The number of hydrogen-bond acceptors (Lipinski definition) is 4. The summed E-state index contributed by atoms with van der Waals surface area (Å²) in [4.78, 5) is 0. The highest BCUT2D eigenvalue weighted by atomic mass is 16.3. The Kier molecular flexibility index (Phi) is 6.28. The third-order valence-corrected chi connectivity index (χ3v) is 1.43. The van der Waals surface area contributed by atoms with E-state index in [4.69, 9.17) is 10.2 Å². The minimum Gasteiger partial charge on any atom is -0.393 e. The lowest BCUT2D eigenvalue weighted by molar-refractivity contribution is 0.0871. The van der Waals surface area contributed by atoms with E-state index in [9.17, 15) is 5.11 Å². The predicted octanol–water partition coefficient (Wildman–Crippen LogP) is -0.911. The number of aliphatic hydroxyl groups is 3. The standard InChI is InChI=1S/C8H19NO3/c1-6(10)3-8(12)5-9-4-7(2)11/h6-12H,3-5H2,1-2H3. The molecule has 0 aliphatic rings. The molecule has 0 aliphatic heterocycles. The first kappa shape index (κ1) is 11.8. The Morgan fingerprint density at radius 2 is 1.58 bits per heavy atom. The van der Waals surface area contributed by atoms with Crippen molar-refractivity contribution >= 4 is 0 Å². The second kappa shape index (κ2) is 6.37. The molecule has 0 spiro atoms. The van der Waals surface area contributed by atoms with E-state index in [0.29, 0.717) is 19.5 Å². The molecule has 0 aliphatic carbocycles. The highest BCUT2D eigenvalue weighted by molar-refractivity contribution is 4.63. The molecule has 0 saturated carbocycles. The minimum atomic E-state index is -0.538. The van der Waals surface area contributed by atoms with Gasteiger partial charge in [0.1, 0.15) is 0 Å². The van der Waals surface area contributed by atoms with Gasteiger partial charge in [0.25, 0.3) is 0 Å². The highest BCUT2D eigenvalue weighted by Gasteiger charge is 2.07. The van der Waals surface area contributed by atoms with Crippen LogP contribution < -0.4 is 5.32 Å². The number of rotatable bonds is 6. The SMILES string of the molecule is CC(O)CNCC(O)CC(C)O. The summed E-state index contributed by atoms with van der Waals surface area (Å²) in [5, 5.41) is 29.9. The monoisotopic (exact) mass is 177 g/mol. The van der Waals surface area contributed by atoms with Crippen molar-refractivity contribution in [1.82, 2.24) is 5.32 Å². The topological polar surface area (TPSA) is 72.7 Å². The molecule has 74 valence electrons. The molecule has 0 bridgehead atoms. The summed E-state index contributed by atoms with van der Waals surface area (Å²) in [6.45, 7) is 4.19. The zero-order valence-corrected chi connectivity index (χ0v) is 7.70. The Morgan fingerprint density at radius 1 is 1.00 bits per heavy atom. The maximum Gasteiger partial charge on any atom is 0.0689 e. The second-order valence-electron chi connectivity index (χ2n) is 3.25. The lowest BCUT2D eigenvalue weighted by Gasteiger charge is -2.13. The van der Waals surface area contributed by atoms with E-state index in [0.717, 1.165) is 0 Å². The van der Waals surface area contributed by atoms with Crippen LogP contribution in [0.5, 0.6) is 0 Å². The van der Waals surface area contributed by atoms with E-state index in [2.05, 4.69) is 5.32 Å². The minimum absolute atomic E-state index is 0.368. The lowest BCUT2D eigenvalue weighted by atomic mass is 10.2. The van der Waals surface area contributed by atoms with E-state index in [1.54, 1.807) is 13.8 Å². The van der Waals surface area contributed by atoms with E-state index >= 15 is 0 Å². The van der Waals surface area contributed by atoms with Crippen molar-refractivity contribution in [3.05, 3.63) is 0 Å². The Morgan fingerprint density at radius 3 is 2.00 bits per heavy atom. The molecule has 4 nitrogen and oxygen atoms in total. The van der Waals surface area contributed by atoms with Crippen LogP contribution >= 0.6 is 0 Å². The van der Waals surface area contributed by atoms with Gasteiger partial charge in [0.05, 0.1) is 18.3 Å². The van der Waals surface area contributed by atoms with Gasteiger partial charge in [-0.1, -0.05) is 0 Å². The molecular weight excluding hydrogens is 158 g/mol. The summed E-state index contributed by atoms with van der Waals surface area (Å²) in [6, 6.07) is 0. The van der Waals surface area contributed by atoms with E-state index in [1.807, 2.05) is 0 Å². The van der Waals surface area contributed by atoms with Crippen molar-refractivity contribution < 1.29 is 15.3 Å². The average molecular weight is 177 g/mol. The molecule has 0 saturated heterocycles. The molecule has 0 fully saturated rings. The maximum absolute atomic E-state index is 9.23. The fraction of sp³-hybridized carbons (Fsp3) is 1.00. The van der Waals surface area contributed by atoms with Crippen molar-refractivity contribution in [2.75, 3.05) is 13.1 Å². The van der Waals surface area contributed by atoms with E-state index in [1.165, 1.54) is 0 Å². The molecule has 3 unspecified atom stereocenters. The zero-order valence-electron chi connectivity index (χ0n) is 7.70. The van der Waals surface area contributed by atoms with Crippen LogP contribution in [-0.4, -0.2) is 46.7 Å². The summed E-state index contributed by atoms with van der Waals surface area (Å²) in [5.74, 6) is 0. The Balaban J connectivity index is 3.25. The van der Waals surface area contributed by atoms with Crippen LogP contribution in [0.15, 0.2) is 0 Å². The molecule has 0 aromatic rings. The third-order valence-electron chi connectivity index (χ3n) is 1.43. The Bertz CT molecular complexity index is 106. The van der Waals surface area contributed by atoms with Gasteiger partial charge in [0.15, 0.2) is 0 Å². The van der Waals surface area contributed by atoms with Crippen LogP contribution in [0.25, 0.3) is 0 Å². The van der Waals surface area contributed by atoms with Crippen LogP contribution in [-0.2, 0) is 0 Å². The molecule has 0 radical (unpaired) electrons. The quantitative estimate of drug-likeness (QED) is 0.424. The van der Waals surface area contributed by atoms with Gasteiger partial charge in [-0.05, 0) is 13.8 Å². The average Bonchev–Trinajstić information content (AvgIpc) is 1.84. The molecule has 3 atom stereocenters. The summed E-state index contributed by atoms with van der Waals surface area (Å²) >= 11 is 0. The molecule has 12 heavy (non-hydrogen) atoms. The van der Waals surface area contributed by atoms with Crippen molar-refractivity contribution in [3.63, 3.8) is 0 Å². The molecular formula is C8H19NO3. The van der Waals surface area contributed by atoms with Crippen molar-refractivity contribution in [2.24, 2.45) is 0 Å². The van der Waals surface area contributed by atoms with Gasteiger partial charge in [-0.3, -0.25) is 0 Å². The smallest absolute Gasteiger partial charge is 0.0689 e. The first-order valence-electron chi connectivity index (χ1n) is 4.27. The zero-order chi connectivity index (χ0) is 9.56. The van der Waals surface area contributed by atoms with Crippen LogP contribution in [0.4, 0.5) is 0 Å². The molecule has 0 heterocycles. The molecule has 0 aromatic carbocycles. The number of hydrogen-bond donors (Lipinski definition) is 4. The van der Waals surface area contributed by atoms with Gasteiger partial charge in [-0.15, -0.1) is 0 Å². The normalized spacial score (nSPS) is 18.8. The van der Waals surface area contributed by atoms with Crippen LogP contribution in [0, 0.1) is 0 Å². The van der Waals surface area contributed by atoms with Crippen molar-refractivity contribution in [1.29, 1.82) is 0 Å². The number of aliphatic hydroxyl groups excluding tert-OH is 3. The maximum atomic E-state index is 9.23. The predicted molar refractivity (Wildman–Crippen MR) is 46.9 cm³/mol. The van der Waals surface area contributed by atoms with E-state index in [-0.39, 0.29) is 0 Å². The van der Waals surface area contributed by atoms with Gasteiger partial charge >= 0.3 is 0 Å². The summed E-state index contributed by atoms with van der Waals surface area (Å²) in [7, 11) is 0. The first-order chi connectivity index (χ1) is 5.52. The molecule has 0 amide bonds. The van der Waals surface area contributed by atoms with Crippen molar-refractivity contribution in [3.8, 4) is 0 Å². The fourth-order valence-corrected chi connectivity index (χ4v) is 0.936.